The number of aryl methyl sites for hydroxylation is 1. The molecule has 0 saturated carbocycles. The molecule has 2 aliphatic heterocycles. The van der Waals surface area contributed by atoms with Crippen LogP contribution in [0.4, 0.5) is 17.1 Å². The van der Waals surface area contributed by atoms with Crippen LogP contribution in [-0.4, -0.2) is 105 Å². The van der Waals surface area contributed by atoms with Gasteiger partial charge >= 0.3 is 5.97 Å². The smallest absolute Gasteiger partial charge is 0.303 e. The molecule has 2 saturated heterocycles. The molecule has 4 rings (SSSR count). The van der Waals surface area contributed by atoms with Crippen LogP contribution in [0.1, 0.15) is 29.8 Å². The van der Waals surface area contributed by atoms with Gasteiger partial charge < -0.3 is 34.2 Å². The molecule has 0 aromatic heterocycles. The van der Waals surface area contributed by atoms with E-state index in [9.17, 15) is 24.0 Å². The Morgan fingerprint density at radius 3 is 2.55 bits per heavy atom. The van der Waals surface area contributed by atoms with Crippen molar-refractivity contribution in [3.8, 4) is 0 Å². The van der Waals surface area contributed by atoms with Crippen LogP contribution in [-0.2, 0) is 39.8 Å². The third kappa shape index (κ3) is 7.58. The highest BCUT2D eigenvalue weighted by atomic mass is 16.6. The lowest BCUT2D eigenvalue weighted by atomic mass is 10.1. The minimum Gasteiger partial charge on any atom is -0.449 e. The lowest BCUT2D eigenvalue weighted by Gasteiger charge is -2.35. The van der Waals surface area contributed by atoms with Crippen molar-refractivity contribution in [2.45, 2.75) is 32.5 Å². The Labute approximate surface area is 255 Å². The highest BCUT2D eigenvalue weighted by molar-refractivity contribution is 6.05. The Morgan fingerprint density at radius 2 is 1.86 bits per heavy atom. The second-order valence-corrected chi connectivity index (χ2v) is 10.3. The molecule has 0 unspecified atom stereocenters. The molecule has 2 heterocycles. The first-order chi connectivity index (χ1) is 21.1. The fourth-order valence-corrected chi connectivity index (χ4v) is 4.99. The quantitative estimate of drug-likeness (QED) is 0.339. The second kappa shape index (κ2) is 14.6. The number of morpholine rings is 2. The molecule has 2 atom stereocenters. The fourth-order valence-electron chi connectivity index (χ4n) is 4.99. The monoisotopic (exact) mass is 605 g/mol. The average molecular weight is 606 g/mol. The number of nitrogens with zero attached hydrogens (tertiary/aromatic N) is 4. The number of anilines is 2. The van der Waals surface area contributed by atoms with Crippen LogP contribution in [0.3, 0.4) is 0 Å². The van der Waals surface area contributed by atoms with Gasteiger partial charge in [-0.15, -0.1) is 0 Å². The molecular weight excluding hydrogens is 570 g/mol. The van der Waals surface area contributed by atoms with Crippen molar-refractivity contribution < 1.29 is 38.2 Å². The zero-order chi connectivity index (χ0) is 31.8. The summed E-state index contributed by atoms with van der Waals surface area (Å²) < 4.78 is 16.2. The zero-order valence-electron chi connectivity index (χ0n) is 24.9. The summed E-state index contributed by atoms with van der Waals surface area (Å²) in [6.07, 6.45) is -2.49. The standard InChI is InChI=1S/C31H35N5O8/c1-5-21-17-23(9-10-25(21)32-3)33-29(39)27(44-20(2)37)28-31(41)36(13-16-43-28)24-8-6-7-22(18-24)30(40)34(4)19-26(38)35-11-14-42-15-12-35/h6-10,17-18,27-28H,5,11-16,19H2,1-2,4H3,(H,33,39)/t27-,28-/m1/s1. The van der Waals surface area contributed by atoms with Gasteiger partial charge in [-0.05, 0) is 42.3 Å². The minimum atomic E-state index is -1.60. The molecule has 13 heteroatoms. The number of nitrogens with one attached hydrogen (secondary N) is 1. The van der Waals surface area contributed by atoms with Crippen molar-refractivity contribution in [2.24, 2.45) is 0 Å². The fraction of sp³-hybridized carbons (Fsp3) is 0.419. The van der Waals surface area contributed by atoms with Crippen LogP contribution >= 0.6 is 0 Å². The highest BCUT2D eigenvalue weighted by Gasteiger charge is 2.42. The van der Waals surface area contributed by atoms with Gasteiger partial charge in [0.25, 0.3) is 17.7 Å². The minimum absolute atomic E-state index is 0.0350. The van der Waals surface area contributed by atoms with Gasteiger partial charge in [0.2, 0.25) is 12.0 Å². The van der Waals surface area contributed by atoms with E-state index in [2.05, 4.69) is 10.2 Å². The van der Waals surface area contributed by atoms with Crippen LogP contribution < -0.4 is 10.2 Å². The number of rotatable bonds is 9. The summed E-state index contributed by atoms with van der Waals surface area (Å²) in [6, 6.07) is 11.2. The number of carbonyl (C=O) groups is 5. The number of amides is 4. The summed E-state index contributed by atoms with van der Waals surface area (Å²) in [4.78, 5) is 72.6. The number of benzene rings is 2. The predicted octanol–water partition coefficient (Wildman–Crippen LogP) is 2.03. The number of carbonyl (C=O) groups excluding carboxylic acids is 5. The average Bonchev–Trinajstić information content (AvgIpc) is 3.03. The Bertz CT molecular complexity index is 1470. The summed E-state index contributed by atoms with van der Waals surface area (Å²) in [6.45, 7) is 12.2. The summed E-state index contributed by atoms with van der Waals surface area (Å²) in [7, 11) is 1.53. The first-order valence-corrected chi connectivity index (χ1v) is 14.3. The summed E-state index contributed by atoms with van der Waals surface area (Å²) in [5.41, 5.74) is 2.20. The van der Waals surface area contributed by atoms with Crippen LogP contribution in [0.15, 0.2) is 42.5 Å². The molecule has 44 heavy (non-hydrogen) atoms. The van der Waals surface area contributed by atoms with Crippen molar-refractivity contribution >= 4 is 46.7 Å². The molecule has 0 radical (unpaired) electrons. The maximum Gasteiger partial charge on any atom is 0.303 e. The number of ether oxygens (including phenoxy) is 3. The first kappa shape index (κ1) is 32.1. The second-order valence-electron chi connectivity index (χ2n) is 10.3. The molecule has 13 nitrogen and oxygen atoms in total. The largest absolute Gasteiger partial charge is 0.449 e. The number of likely N-dealkylation sites (N-methyl/N-ethyl adjacent to an activating group) is 1. The topological polar surface area (TPSA) is 139 Å². The van der Waals surface area contributed by atoms with E-state index < -0.39 is 35.9 Å². The van der Waals surface area contributed by atoms with E-state index in [-0.39, 0.29) is 31.2 Å². The van der Waals surface area contributed by atoms with Crippen molar-refractivity contribution in [1.82, 2.24) is 9.80 Å². The van der Waals surface area contributed by atoms with Crippen molar-refractivity contribution in [3.63, 3.8) is 0 Å². The van der Waals surface area contributed by atoms with E-state index >= 15 is 0 Å². The highest BCUT2D eigenvalue weighted by Crippen LogP contribution is 2.26. The lowest BCUT2D eigenvalue weighted by molar-refractivity contribution is -0.167. The third-order valence-corrected chi connectivity index (χ3v) is 7.28. The molecule has 2 fully saturated rings. The molecule has 0 aliphatic carbocycles. The van der Waals surface area contributed by atoms with Gasteiger partial charge in [-0.25, -0.2) is 4.85 Å². The van der Waals surface area contributed by atoms with Crippen molar-refractivity contribution in [3.05, 3.63) is 65.0 Å². The predicted molar refractivity (Wildman–Crippen MR) is 159 cm³/mol. The lowest BCUT2D eigenvalue weighted by Crippen LogP contribution is -2.56. The van der Waals surface area contributed by atoms with Gasteiger partial charge in [0.05, 0.1) is 32.9 Å². The molecule has 0 spiro atoms. The SMILES string of the molecule is [C-]#[N+]c1ccc(NC(=O)[C@H](OC(C)=O)[C@H]2OCCN(c3cccc(C(=O)N(C)CC(=O)N4CCOCC4)c3)C2=O)cc1CC. The Balaban J connectivity index is 1.49. The van der Waals surface area contributed by atoms with E-state index in [1.54, 1.807) is 41.3 Å². The molecule has 4 amide bonds. The van der Waals surface area contributed by atoms with Crippen LogP contribution in [0.2, 0.25) is 0 Å². The van der Waals surface area contributed by atoms with Gasteiger partial charge in [0.15, 0.2) is 11.8 Å². The normalized spacial score (nSPS) is 17.3. The summed E-state index contributed by atoms with van der Waals surface area (Å²) in [5.74, 6) is -2.77. The molecule has 0 bridgehead atoms. The number of hydrogen-bond donors (Lipinski definition) is 1. The maximum atomic E-state index is 13.7. The van der Waals surface area contributed by atoms with E-state index in [0.717, 1.165) is 12.5 Å². The zero-order valence-corrected chi connectivity index (χ0v) is 24.9. The van der Waals surface area contributed by atoms with Crippen LogP contribution in [0, 0.1) is 6.57 Å². The number of esters is 1. The van der Waals surface area contributed by atoms with Gasteiger partial charge in [-0.3, -0.25) is 24.0 Å². The molecule has 2 aromatic carbocycles. The Kier molecular flexibility index (Phi) is 10.6. The van der Waals surface area contributed by atoms with Gasteiger partial charge in [0, 0.05) is 50.5 Å². The van der Waals surface area contributed by atoms with Crippen molar-refractivity contribution in [2.75, 3.05) is 63.3 Å². The first-order valence-electron chi connectivity index (χ1n) is 14.3. The Hall–Kier alpha value is -4.80. The van der Waals surface area contributed by atoms with Gasteiger partial charge in [-0.2, -0.15) is 0 Å². The number of hydrogen-bond acceptors (Lipinski definition) is 8. The van der Waals surface area contributed by atoms with E-state index in [1.807, 2.05) is 6.92 Å². The molecule has 1 N–H and O–H groups in total. The Morgan fingerprint density at radius 1 is 1.11 bits per heavy atom. The molecular formula is C31H35N5O8. The molecule has 2 aromatic rings. The summed E-state index contributed by atoms with van der Waals surface area (Å²) in [5, 5.41) is 2.66. The van der Waals surface area contributed by atoms with Crippen molar-refractivity contribution in [1.29, 1.82) is 0 Å². The van der Waals surface area contributed by atoms with Crippen LogP contribution in [0.5, 0.6) is 0 Å². The van der Waals surface area contributed by atoms with E-state index in [0.29, 0.717) is 49.8 Å². The van der Waals surface area contributed by atoms with Gasteiger partial charge in [-0.1, -0.05) is 19.1 Å². The van der Waals surface area contributed by atoms with E-state index in [4.69, 9.17) is 20.8 Å². The molecule has 232 valence electrons. The third-order valence-electron chi connectivity index (χ3n) is 7.28. The van der Waals surface area contributed by atoms with Crippen LogP contribution in [0.25, 0.3) is 4.85 Å². The van der Waals surface area contributed by atoms with Gasteiger partial charge in [0.1, 0.15) is 0 Å². The maximum absolute atomic E-state index is 13.7. The summed E-state index contributed by atoms with van der Waals surface area (Å²) >= 11 is 0. The molecule has 2 aliphatic rings. The van der Waals surface area contributed by atoms with E-state index in [1.165, 1.54) is 22.9 Å².